The number of aromatic nitrogens is 6. The molecule has 0 amide bonds. The lowest BCUT2D eigenvalue weighted by Crippen LogP contribution is -2.07. The second-order valence-electron chi connectivity index (χ2n) is 10.8. The van der Waals surface area contributed by atoms with Crippen LogP contribution in [0.4, 0.5) is 0 Å². The van der Waals surface area contributed by atoms with Crippen molar-refractivity contribution < 1.29 is 0 Å². The van der Waals surface area contributed by atoms with Crippen LogP contribution in [0.25, 0.3) is 78.0 Å². The SMILES string of the molecule is c1ccc(-c2nc(-c3ccccc3)nc(-n3c4ccccc4c4ccc5c6ccncc6n(-c6ccccc6)c5c43)n2)cc1. The van der Waals surface area contributed by atoms with Crippen LogP contribution < -0.4 is 0 Å². The Kier molecular flexibility index (Phi) is 5.40. The molecule has 6 heteroatoms. The maximum Gasteiger partial charge on any atom is 0.238 e. The summed E-state index contributed by atoms with van der Waals surface area (Å²) in [6.45, 7) is 0. The second-order valence-corrected chi connectivity index (χ2v) is 10.8. The van der Waals surface area contributed by atoms with E-state index < -0.39 is 0 Å². The van der Waals surface area contributed by atoms with Crippen molar-refractivity contribution in [2.24, 2.45) is 0 Å². The Bertz CT molecular complexity index is 2420. The molecular weight excluding hydrogens is 540 g/mol. The van der Waals surface area contributed by atoms with Crippen LogP contribution in [0, 0.1) is 0 Å². The van der Waals surface area contributed by atoms with E-state index in [2.05, 4.69) is 80.8 Å². The number of hydrogen-bond acceptors (Lipinski definition) is 4. The largest absolute Gasteiger partial charge is 0.306 e. The predicted molar refractivity (Wildman–Crippen MR) is 177 cm³/mol. The molecule has 44 heavy (non-hydrogen) atoms. The number of benzene rings is 5. The molecule has 6 nitrogen and oxygen atoms in total. The zero-order valence-electron chi connectivity index (χ0n) is 23.5. The molecule has 4 heterocycles. The lowest BCUT2D eigenvalue weighted by Gasteiger charge is -2.13. The maximum absolute atomic E-state index is 5.15. The van der Waals surface area contributed by atoms with E-state index in [4.69, 9.17) is 15.0 Å². The van der Waals surface area contributed by atoms with Crippen LogP contribution in [-0.4, -0.2) is 29.1 Å². The molecule has 5 aromatic carbocycles. The van der Waals surface area contributed by atoms with Gasteiger partial charge in [-0.25, -0.2) is 4.98 Å². The Balaban J connectivity index is 1.48. The molecule has 9 rings (SSSR count). The van der Waals surface area contributed by atoms with Crippen molar-refractivity contribution in [2.75, 3.05) is 0 Å². The second kappa shape index (κ2) is 9.71. The minimum atomic E-state index is 0.569. The molecule has 0 radical (unpaired) electrons. The van der Waals surface area contributed by atoms with Crippen molar-refractivity contribution in [1.29, 1.82) is 0 Å². The van der Waals surface area contributed by atoms with E-state index in [1.165, 1.54) is 0 Å². The minimum Gasteiger partial charge on any atom is -0.306 e. The van der Waals surface area contributed by atoms with Gasteiger partial charge in [0.1, 0.15) is 0 Å². The number of para-hydroxylation sites is 2. The highest BCUT2D eigenvalue weighted by atomic mass is 15.2. The zero-order chi connectivity index (χ0) is 29.0. The van der Waals surface area contributed by atoms with Crippen molar-refractivity contribution in [2.45, 2.75) is 0 Å². The number of nitrogens with zero attached hydrogens (tertiary/aromatic N) is 6. The van der Waals surface area contributed by atoms with E-state index >= 15 is 0 Å². The molecule has 206 valence electrons. The molecule has 0 saturated heterocycles. The Morgan fingerprint density at radius 1 is 0.409 bits per heavy atom. The van der Waals surface area contributed by atoms with Gasteiger partial charge in [-0.15, -0.1) is 0 Å². The van der Waals surface area contributed by atoms with Crippen LogP contribution >= 0.6 is 0 Å². The fourth-order valence-corrected chi connectivity index (χ4v) is 6.35. The standard InChI is InChI=1S/C38H24N6/c1-4-12-25(13-5-1)36-40-37(26-14-6-2-7-15-26)42-38(41-36)44-32-19-11-10-18-28(32)30-20-21-31-29-22-23-39-24-33(29)43(34(31)35(30)44)27-16-8-3-9-17-27/h1-24H. The molecule has 0 N–H and O–H groups in total. The molecule has 0 aliphatic rings. The summed E-state index contributed by atoms with van der Waals surface area (Å²) in [6.07, 6.45) is 3.81. The van der Waals surface area contributed by atoms with Crippen LogP contribution in [0.5, 0.6) is 0 Å². The summed E-state index contributed by atoms with van der Waals surface area (Å²) >= 11 is 0. The van der Waals surface area contributed by atoms with E-state index in [9.17, 15) is 0 Å². The lowest BCUT2D eigenvalue weighted by atomic mass is 10.1. The Morgan fingerprint density at radius 2 is 0.955 bits per heavy atom. The first-order valence-electron chi connectivity index (χ1n) is 14.6. The fourth-order valence-electron chi connectivity index (χ4n) is 6.35. The van der Waals surface area contributed by atoms with Gasteiger partial charge < -0.3 is 4.57 Å². The van der Waals surface area contributed by atoms with Gasteiger partial charge in [0.15, 0.2) is 11.6 Å². The number of hydrogen-bond donors (Lipinski definition) is 0. The van der Waals surface area contributed by atoms with Crippen LogP contribution in [0.3, 0.4) is 0 Å². The molecule has 0 aliphatic carbocycles. The number of fused-ring (bicyclic) bond motifs is 7. The maximum atomic E-state index is 5.15. The van der Waals surface area contributed by atoms with Crippen molar-refractivity contribution >= 4 is 43.6 Å². The average molecular weight is 565 g/mol. The summed E-state index contributed by atoms with van der Waals surface area (Å²) in [7, 11) is 0. The van der Waals surface area contributed by atoms with Gasteiger partial charge in [0.05, 0.1) is 28.3 Å². The van der Waals surface area contributed by atoms with Crippen molar-refractivity contribution in [3.05, 3.63) is 146 Å². The van der Waals surface area contributed by atoms with E-state index in [1.807, 2.05) is 79.1 Å². The van der Waals surface area contributed by atoms with Crippen LogP contribution in [0.2, 0.25) is 0 Å². The average Bonchev–Trinajstić information content (AvgIpc) is 3.62. The Labute approximate surface area is 252 Å². The first kappa shape index (κ1) is 24.5. The molecular formula is C38H24N6. The molecule has 0 atom stereocenters. The number of rotatable bonds is 4. The quantitative estimate of drug-likeness (QED) is 0.214. The third kappa shape index (κ3) is 3.68. The van der Waals surface area contributed by atoms with Crippen LogP contribution in [0.15, 0.2) is 146 Å². The zero-order valence-corrected chi connectivity index (χ0v) is 23.5. The van der Waals surface area contributed by atoms with Gasteiger partial charge in [-0.05, 0) is 24.3 Å². The Hall–Kier alpha value is -6.14. The highest BCUT2D eigenvalue weighted by molar-refractivity contribution is 6.23. The summed E-state index contributed by atoms with van der Waals surface area (Å²) in [5.41, 5.74) is 7.12. The lowest BCUT2D eigenvalue weighted by molar-refractivity contribution is 0.953. The molecule has 0 bridgehead atoms. The fraction of sp³-hybridized carbons (Fsp3) is 0. The highest BCUT2D eigenvalue weighted by Crippen LogP contribution is 2.41. The molecule has 0 spiro atoms. The topological polar surface area (TPSA) is 61.4 Å². The van der Waals surface area contributed by atoms with E-state index in [1.54, 1.807) is 0 Å². The smallest absolute Gasteiger partial charge is 0.238 e. The molecule has 0 unspecified atom stereocenters. The minimum absolute atomic E-state index is 0.569. The molecule has 0 fully saturated rings. The summed E-state index contributed by atoms with van der Waals surface area (Å²) in [5.74, 6) is 1.82. The van der Waals surface area contributed by atoms with Crippen LogP contribution in [0.1, 0.15) is 0 Å². The third-order valence-corrected chi connectivity index (χ3v) is 8.27. The first-order valence-corrected chi connectivity index (χ1v) is 14.6. The summed E-state index contributed by atoms with van der Waals surface area (Å²) < 4.78 is 4.52. The van der Waals surface area contributed by atoms with Gasteiger partial charge in [-0.3, -0.25) is 9.55 Å². The van der Waals surface area contributed by atoms with Crippen molar-refractivity contribution in [1.82, 2.24) is 29.1 Å². The van der Waals surface area contributed by atoms with Gasteiger partial charge in [0.25, 0.3) is 0 Å². The molecule has 9 aromatic rings. The molecule has 4 aromatic heterocycles. The predicted octanol–water partition coefficient (Wildman–Crippen LogP) is 8.79. The highest BCUT2D eigenvalue weighted by Gasteiger charge is 2.23. The van der Waals surface area contributed by atoms with E-state index in [0.717, 1.165) is 60.4 Å². The van der Waals surface area contributed by atoms with Crippen molar-refractivity contribution in [3.8, 4) is 34.4 Å². The third-order valence-electron chi connectivity index (χ3n) is 8.27. The van der Waals surface area contributed by atoms with Gasteiger partial charge in [0, 0.05) is 44.6 Å². The van der Waals surface area contributed by atoms with Crippen LogP contribution in [-0.2, 0) is 0 Å². The summed E-state index contributed by atoms with van der Waals surface area (Å²) in [6, 6.07) is 45.7. The monoisotopic (exact) mass is 564 g/mol. The summed E-state index contributed by atoms with van der Waals surface area (Å²) in [5, 5.41) is 4.55. The van der Waals surface area contributed by atoms with E-state index in [0.29, 0.717) is 17.6 Å². The van der Waals surface area contributed by atoms with Gasteiger partial charge in [-0.2, -0.15) is 9.97 Å². The van der Waals surface area contributed by atoms with Crippen molar-refractivity contribution in [3.63, 3.8) is 0 Å². The molecule has 0 saturated carbocycles. The van der Waals surface area contributed by atoms with E-state index in [-0.39, 0.29) is 0 Å². The van der Waals surface area contributed by atoms with Gasteiger partial charge in [0.2, 0.25) is 5.95 Å². The number of pyridine rings is 1. The summed E-state index contributed by atoms with van der Waals surface area (Å²) in [4.78, 5) is 19.8. The normalized spacial score (nSPS) is 11.6. The first-order chi connectivity index (χ1) is 21.8. The van der Waals surface area contributed by atoms with Gasteiger partial charge >= 0.3 is 0 Å². The Morgan fingerprint density at radius 3 is 1.61 bits per heavy atom. The molecule has 0 aliphatic heterocycles. The van der Waals surface area contributed by atoms with Gasteiger partial charge in [-0.1, -0.05) is 109 Å².